The fourth-order valence-electron chi connectivity index (χ4n) is 1.86. The van der Waals surface area contributed by atoms with Gasteiger partial charge in [-0.3, -0.25) is 9.59 Å². The van der Waals surface area contributed by atoms with Crippen LogP contribution in [0.5, 0.6) is 0 Å². The number of rotatable bonds is 11. The first kappa shape index (κ1) is 20.9. The van der Waals surface area contributed by atoms with Crippen molar-refractivity contribution >= 4 is 11.8 Å². The first-order valence-electron chi connectivity index (χ1n) is 8.29. The highest BCUT2D eigenvalue weighted by atomic mass is 16.5. The van der Waals surface area contributed by atoms with Gasteiger partial charge in [-0.1, -0.05) is 27.7 Å². The molecule has 0 aliphatic heterocycles. The molecule has 0 bridgehead atoms. The topological polar surface area (TPSA) is 49.9 Å². The minimum atomic E-state index is 0.116. The van der Waals surface area contributed by atoms with E-state index in [1.807, 2.05) is 20.9 Å². The molecule has 0 fully saturated rings. The number of likely N-dealkylation sites (N-methyl/N-ethyl adjacent to an activating group) is 1. The predicted molar refractivity (Wildman–Crippen MR) is 89.6 cm³/mol. The maximum atomic E-state index is 11.9. The van der Waals surface area contributed by atoms with E-state index < -0.39 is 0 Å². The molecule has 0 heterocycles. The van der Waals surface area contributed by atoms with Gasteiger partial charge in [-0.2, -0.15) is 0 Å². The third-order valence-corrected chi connectivity index (χ3v) is 3.51. The second-order valence-corrected chi connectivity index (χ2v) is 6.77. The van der Waals surface area contributed by atoms with Crippen LogP contribution in [0.3, 0.4) is 0 Å². The van der Waals surface area contributed by atoms with E-state index in [-0.39, 0.29) is 11.8 Å². The quantitative estimate of drug-likeness (QED) is 0.550. The van der Waals surface area contributed by atoms with Gasteiger partial charge in [0.15, 0.2) is 0 Å². The number of ether oxygens (including phenoxy) is 1. The van der Waals surface area contributed by atoms with E-state index in [0.29, 0.717) is 44.4 Å². The molecule has 0 aromatic heterocycles. The van der Waals surface area contributed by atoms with Crippen LogP contribution in [-0.4, -0.2) is 62.0 Å². The van der Waals surface area contributed by atoms with Crippen molar-refractivity contribution in [3.05, 3.63) is 0 Å². The Kier molecular flexibility index (Phi) is 10.9. The third-order valence-electron chi connectivity index (χ3n) is 3.51. The van der Waals surface area contributed by atoms with Gasteiger partial charge in [0.25, 0.3) is 0 Å². The lowest BCUT2D eigenvalue weighted by molar-refractivity contribution is -0.133. The van der Waals surface area contributed by atoms with E-state index in [0.717, 1.165) is 13.0 Å². The Morgan fingerprint density at radius 2 is 1.45 bits per heavy atom. The molecule has 5 heteroatoms. The lowest BCUT2D eigenvalue weighted by Gasteiger charge is -2.19. The van der Waals surface area contributed by atoms with Gasteiger partial charge in [0, 0.05) is 33.6 Å². The highest BCUT2D eigenvalue weighted by molar-refractivity contribution is 5.76. The molecule has 0 aliphatic rings. The Labute approximate surface area is 136 Å². The monoisotopic (exact) mass is 314 g/mol. The van der Waals surface area contributed by atoms with Gasteiger partial charge in [0.1, 0.15) is 0 Å². The fraction of sp³-hybridized carbons (Fsp3) is 0.882. The molecule has 0 saturated carbocycles. The highest BCUT2D eigenvalue weighted by Crippen LogP contribution is 2.03. The maximum absolute atomic E-state index is 11.9. The minimum absolute atomic E-state index is 0.116. The molecule has 0 N–H and O–H groups in total. The van der Waals surface area contributed by atoms with Crippen LogP contribution in [0.1, 0.15) is 47.0 Å². The number of amides is 2. The molecule has 0 aliphatic carbocycles. The summed E-state index contributed by atoms with van der Waals surface area (Å²) in [5.41, 5.74) is 0. The molecule has 130 valence electrons. The average molecular weight is 314 g/mol. The van der Waals surface area contributed by atoms with Gasteiger partial charge < -0.3 is 14.5 Å². The summed E-state index contributed by atoms with van der Waals surface area (Å²) in [6.45, 7) is 10.6. The largest absolute Gasteiger partial charge is 0.379 e. The van der Waals surface area contributed by atoms with Gasteiger partial charge in [0.05, 0.1) is 19.6 Å². The second kappa shape index (κ2) is 11.5. The smallest absolute Gasteiger partial charge is 0.224 e. The van der Waals surface area contributed by atoms with Gasteiger partial charge >= 0.3 is 0 Å². The zero-order valence-corrected chi connectivity index (χ0v) is 15.2. The molecule has 0 rings (SSSR count). The molecule has 0 aromatic carbocycles. The minimum Gasteiger partial charge on any atom is -0.379 e. The normalized spacial score (nSPS) is 11.1. The highest BCUT2D eigenvalue weighted by Gasteiger charge is 2.11. The molecular weight excluding hydrogens is 280 g/mol. The predicted octanol–water partition coefficient (Wildman–Crippen LogP) is 2.40. The zero-order chi connectivity index (χ0) is 17.1. The number of hydrogen-bond acceptors (Lipinski definition) is 3. The van der Waals surface area contributed by atoms with E-state index >= 15 is 0 Å². The van der Waals surface area contributed by atoms with Crippen molar-refractivity contribution in [3.63, 3.8) is 0 Å². The first-order valence-corrected chi connectivity index (χ1v) is 8.29. The maximum Gasteiger partial charge on any atom is 0.224 e. The van der Waals surface area contributed by atoms with Crippen molar-refractivity contribution in [2.24, 2.45) is 11.8 Å². The Bertz CT molecular complexity index is 330. The molecule has 5 nitrogen and oxygen atoms in total. The lowest BCUT2D eigenvalue weighted by atomic mass is 10.1. The summed E-state index contributed by atoms with van der Waals surface area (Å²) in [6, 6.07) is 0. The number of carbonyl (C=O) groups excluding carboxylic acids is 2. The van der Waals surface area contributed by atoms with Crippen LogP contribution in [0.4, 0.5) is 0 Å². The molecule has 0 atom stereocenters. The van der Waals surface area contributed by atoms with Crippen LogP contribution in [0, 0.1) is 11.8 Å². The van der Waals surface area contributed by atoms with E-state index in [9.17, 15) is 9.59 Å². The van der Waals surface area contributed by atoms with Crippen molar-refractivity contribution < 1.29 is 14.3 Å². The van der Waals surface area contributed by atoms with Crippen LogP contribution >= 0.6 is 0 Å². The molecule has 0 aromatic rings. The first-order chi connectivity index (χ1) is 10.2. The molecular formula is C17H34N2O3. The zero-order valence-electron chi connectivity index (χ0n) is 15.2. The van der Waals surface area contributed by atoms with Crippen LogP contribution in [0.15, 0.2) is 0 Å². The van der Waals surface area contributed by atoms with Gasteiger partial charge in [-0.15, -0.1) is 0 Å². The van der Waals surface area contributed by atoms with Crippen LogP contribution < -0.4 is 0 Å². The van der Waals surface area contributed by atoms with Crippen LogP contribution in [-0.2, 0) is 14.3 Å². The summed E-state index contributed by atoms with van der Waals surface area (Å²) in [6.07, 6.45) is 1.99. The summed E-state index contributed by atoms with van der Waals surface area (Å²) in [7, 11) is 3.63. The van der Waals surface area contributed by atoms with Crippen molar-refractivity contribution in [2.45, 2.75) is 47.0 Å². The van der Waals surface area contributed by atoms with E-state index in [4.69, 9.17) is 4.74 Å². The van der Waals surface area contributed by atoms with Crippen LogP contribution in [0.2, 0.25) is 0 Å². The van der Waals surface area contributed by atoms with Crippen molar-refractivity contribution in [2.75, 3.05) is 40.4 Å². The lowest BCUT2D eigenvalue weighted by Crippen LogP contribution is -2.32. The summed E-state index contributed by atoms with van der Waals surface area (Å²) in [4.78, 5) is 27.1. The van der Waals surface area contributed by atoms with Crippen LogP contribution in [0.25, 0.3) is 0 Å². The van der Waals surface area contributed by atoms with Gasteiger partial charge in [-0.05, 0) is 18.3 Å². The molecule has 22 heavy (non-hydrogen) atoms. The van der Waals surface area contributed by atoms with Gasteiger partial charge in [0.2, 0.25) is 11.8 Å². The second-order valence-electron chi connectivity index (χ2n) is 6.77. The Hall–Kier alpha value is -1.10. The number of hydrogen-bond donors (Lipinski definition) is 0. The Morgan fingerprint density at radius 3 is 2.00 bits per heavy atom. The Balaban J connectivity index is 3.71. The van der Waals surface area contributed by atoms with E-state index in [1.165, 1.54) is 0 Å². The number of nitrogens with zero attached hydrogens (tertiary/aromatic N) is 2. The van der Waals surface area contributed by atoms with Crippen molar-refractivity contribution in [3.8, 4) is 0 Å². The SMILES string of the molecule is CC(C)CCN(C)C(=O)CCOCCN(C)C(=O)CC(C)C. The van der Waals surface area contributed by atoms with E-state index in [1.54, 1.807) is 16.8 Å². The molecule has 0 saturated heterocycles. The average Bonchev–Trinajstić information content (AvgIpc) is 2.42. The van der Waals surface area contributed by atoms with Crippen molar-refractivity contribution in [1.82, 2.24) is 9.80 Å². The standard InChI is InChI=1S/C17H34N2O3/c1-14(2)7-9-18(5)16(20)8-11-22-12-10-19(6)17(21)13-15(3)4/h14-15H,7-13H2,1-6H3. The van der Waals surface area contributed by atoms with E-state index in [2.05, 4.69) is 13.8 Å². The Morgan fingerprint density at radius 1 is 0.864 bits per heavy atom. The summed E-state index contributed by atoms with van der Waals surface area (Å²) in [5, 5.41) is 0. The molecule has 2 amide bonds. The summed E-state index contributed by atoms with van der Waals surface area (Å²) < 4.78 is 5.46. The molecule has 0 unspecified atom stereocenters. The summed E-state index contributed by atoms with van der Waals surface area (Å²) >= 11 is 0. The fourth-order valence-corrected chi connectivity index (χ4v) is 1.86. The number of carbonyl (C=O) groups is 2. The van der Waals surface area contributed by atoms with Crippen molar-refractivity contribution in [1.29, 1.82) is 0 Å². The van der Waals surface area contributed by atoms with Gasteiger partial charge in [-0.25, -0.2) is 0 Å². The third kappa shape index (κ3) is 10.6. The molecule has 0 spiro atoms. The summed E-state index contributed by atoms with van der Waals surface area (Å²) in [5.74, 6) is 1.23. The molecule has 0 radical (unpaired) electrons.